The van der Waals surface area contributed by atoms with E-state index in [-0.39, 0.29) is 5.91 Å². The molecule has 0 saturated carbocycles. The maximum Gasteiger partial charge on any atom is 0.231 e. The van der Waals surface area contributed by atoms with Crippen LogP contribution in [0.4, 0.5) is 0 Å². The molecule has 1 aromatic heterocycles. The van der Waals surface area contributed by atoms with Crippen LogP contribution in [-0.4, -0.2) is 40.7 Å². The number of benzene rings is 1. The molecule has 5 nitrogen and oxygen atoms in total. The van der Waals surface area contributed by atoms with Crippen molar-refractivity contribution in [2.75, 3.05) is 20.1 Å². The monoisotopic (exact) mass is 326 g/mol. The van der Waals surface area contributed by atoms with Gasteiger partial charge in [0.05, 0.1) is 11.1 Å². The summed E-state index contributed by atoms with van der Waals surface area (Å²) in [5, 5.41) is 7.51. The van der Waals surface area contributed by atoms with Gasteiger partial charge in [-0.15, -0.1) is 0 Å². The lowest BCUT2D eigenvalue weighted by Gasteiger charge is -2.39. The fraction of sp³-hybridized carbons (Fsp3) is 0.474. The molecule has 0 aliphatic carbocycles. The van der Waals surface area contributed by atoms with E-state index in [1.165, 1.54) is 0 Å². The predicted octanol–water partition coefficient (Wildman–Crippen LogP) is 2.01. The van der Waals surface area contributed by atoms with Gasteiger partial charge in [0.2, 0.25) is 5.91 Å². The fourth-order valence-electron chi connectivity index (χ4n) is 3.57. The molecule has 0 spiro atoms. The number of rotatable bonds is 4. The van der Waals surface area contributed by atoms with E-state index in [9.17, 15) is 4.79 Å². The molecule has 1 N–H and O–H groups in total. The van der Waals surface area contributed by atoms with Gasteiger partial charge in [0.15, 0.2) is 0 Å². The highest BCUT2D eigenvalue weighted by Gasteiger charge is 2.42. The van der Waals surface area contributed by atoms with E-state index in [1.54, 1.807) is 4.68 Å². The van der Waals surface area contributed by atoms with Crippen molar-refractivity contribution >= 4 is 5.91 Å². The topological polar surface area (TPSA) is 50.2 Å². The third kappa shape index (κ3) is 3.22. The lowest BCUT2D eigenvalue weighted by molar-refractivity contribution is -0.128. The zero-order chi connectivity index (χ0) is 17.2. The Balaban J connectivity index is 1.80. The Kier molecular flexibility index (Phi) is 4.71. The molecule has 0 bridgehead atoms. The summed E-state index contributed by atoms with van der Waals surface area (Å²) in [4.78, 5) is 15.5. The highest BCUT2D eigenvalue weighted by molar-refractivity contribution is 5.88. The van der Waals surface area contributed by atoms with Gasteiger partial charge in [-0.05, 0) is 45.5 Å². The lowest BCUT2D eigenvalue weighted by Crippen LogP contribution is -2.50. The van der Waals surface area contributed by atoms with Crippen molar-refractivity contribution in [3.63, 3.8) is 0 Å². The Bertz CT molecular complexity index is 699. The SMILES string of the molecule is Cc1nn(C)cc1CNC(=O)C1(c2ccccc2)CCN(C)CC1. The average Bonchev–Trinajstić information content (AvgIpc) is 2.92. The van der Waals surface area contributed by atoms with Crippen LogP contribution in [0.25, 0.3) is 0 Å². The second-order valence-corrected chi connectivity index (χ2v) is 6.85. The van der Waals surface area contributed by atoms with Gasteiger partial charge >= 0.3 is 0 Å². The number of hydrogen-bond acceptors (Lipinski definition) is 3. The summed E-state index contributed by atoms with van der Waals surface area (Å²) < 4.78 is 1.79. The smallest absolute Gasteiger partial charge is 0.231 e. The van der Waals surface area contributed by atoms with E-state index in [2.05, 4.69) is 34.5 Å². The molecule has 1 fully saturated rings. The van der Waals surface area contributed by atoms with E-state index in [0.29, 0.717) is 6.54 Å². The quantitative estimate of drug-likeness (QED) is 0.935. The van der Waals surface area contributed by atoms with Crippen molar-refractivity contribution in [1.82, 2.24) is 20.0 Å². The molecule has 3 rings (SSSR count). The molecule has 0 radical (unpaired) electrons. The molecule has 5 heteroatoms. The van der Waals surface area contributed by atoms with Crippen molar-refractivity contribution in [3.05, 3.63) is 53.3 Å². The van der Waals surface area contributed by atoms with E-state index >= 15 is 0 Å². The molecular formula is C19H26N4O. The Morgan fingerprint density at radius 1 is 1.21 bits per heavy atom. The number of carbonyl (C=O) groups excluding carboxylic acids is 1. The van der Waals surface area contributed by atoms with Gasteiger partial charge in [-0.1, -0.05) is 30.3 Å². The van der Waals surface area contributed by atoms with Gasteiger partial charge in [-0.2, -0.15) is 5.10 Å². The first-order valence-corrected chi connectivity index (χ1v) is 8.53. The van der Waals surface area contributed by atoms with Crippen LogP contribution < -0.4 is 5.32 Å². The van der Waals surface area contributed by atoms with Gasteiger partial charge in [-0.3, -0.25) is 9.48 Å². The van der Waals surface area contributed by atoms with Crippen LogP contribution in [0.15, 0.2) is 36.5 Å². The van der Waals surface area contributed by atoms with E-state index in [0.717, 1.165) is 42.8 Å². The zero-order valence-corrected chi connectivity index (χ0v) is 14.7. The molecule has 1 saturated heterocycles. The maximum atomic E-state index is 13.2. The second-order valence-electron chi connectivity index (χ2n) is 6.85. The number of amides is 1. The van der Waals surface area contributed by atoms with Crippen molar-refractivity contribution < 1.29 is 4.79 Å². The van der Waals surface area contributed by atoms with Crippen molar-refractivity contribution in [2.45, 2.75) is 31.7 Å². The molecule has 0 unspecified atom stereocenters. The third-order valence-corrected chi connectivity index (χ3v) is 5.16. The molecule has 1 aliphatic heterocycles. The zero-order valence-electron chi connectivity index (χ0n) is 14.7. The van der Waals surface area contributed by atoms with E-state index in [4.69, 9.17) is 0 Å². The Morgan fingerprint density at radius 2 is 1.88 bits per heavy atom. The highest BCUT2D eigenvalue weighted by atomic mass is 16.2. The second kappa shape index (κ2) is 6.77. The lowest BCUT2D eigenvalue weighted by atomic mass is 9.72. The van der Waals surface area contributed by atoms with Crippen LogP contribution >= 0.6 is 0 Å². The van der Waals surface area contributed by atoms with Gasteiger partial charge in [0.1, 0.15) is 0 Å². The summed E-state index contributed by atoms with van der Waals surface area (Å²) in [5.74, 6) is 0.130. The largest absolute Gasteiger partial charge is 0.351 e. The van der Waals surface area contributed by atoms with Crippen molar-refractivity contribution in [3.8, 4) is 0 Å². The van der Waals surface area contributed by atoms with E-state index in [1.807, 2.05) is 38.4 Å². The summed E-state index contributed by atoms with van der Waals surface area (Å²) in [6, 6.07) is 10.2. The van der Waals surface area contributed by atoms with Gasteiger partial charge in [0.25, 0.3) is 0 Å². The van der Waals surface area contributed by atoms with Gasteiger partial charge in [-0.25, -0.2) is 0 Å². The minimum atomic E-state index is -0.427. The molecule has 24 heavy (non-hydrogen) atoms. The maximum absolute atomic E-state index is 13.2. The summed E-state index contributed by atoms with van der Waals surface area (Å²) in [6.45, 7) is 4.38. The van der Waals surface area contributed by atoms with Crippen LogP contribution in [0.3, 0.4) is 0 Å². The molecule has 1 aromatic carbocycles. The fourth-order valence-corrected chi connectivity index (χ4v) is 3.57. The summed E-state index contributed by atoms with van der Waals surface area (Å²) in [7, 11) is 4.02. The van der Waals surface area contributed by atoms with Crippen LogP contribution in [0, 0.1) is 6.92 Å². The molecule has 1 aliphatic rings. The summed E-state index contributed by atoms with van der Waals surface area (Å²) in [6.07, 6.45) is 3.68. The number of likely N-dealkylation sites (tertiary alicyclic amines) is 1. The predicted molar refractivity (Wildman–Crippen MR) is 94.6 cm³/mol. The molecule has 2 heterocycles. The number of nitrogens with one attached hydrogen (secondary N) is 1. The Morgan fingerprint density at radius 3 is 2.46 bits per heavy atom. The average molecular weight is 326 g/mol. The third-order valence-electron chi connectivity index (χ3n) is 5.16. The highest BCUT2D eigenvalue weighted by Crippen LogP contribution is 2.35. The number of aromatic nitrogens is 2. The normalized spacial score (nSPS) is 17.6. The van der Waals surface area contributed by atoms with Crippen LogP contribution in [-0.2, 0) is 23.8 Å². The first kappa shape index (κ1) is 16.7. The van der Waals surface area contributed by atoms with E-state index < -0.39 is 5.41 Å². The van der Waals surface area contributed by atoms with Crippen LogP contribution in [0.5, 0.6) is 0 Å². The number of nitrogens with zero attached hydrogens (tertiary/aromatic N) is 3. The first-order valence-electron chi connectivity index (χ1n) is 8.53. The minimum absolute atomic E-state index is 0.130. The molecular weight excluding hydrogens is 300 g/mol. The number of aryl methyl sites for hydroxylation is 2. The van der Waals surface area contributed by atoms with Crippen LogP contribution in [0.2, 0.25) is 0 Å². The molecule has 2 aromatic rings. The standard InChI is InChI=1S/C19H26N4O/c1-15-16(14-23(3)21-15)13-20-18(24)19(9-11-22(2)12-10-19)17-7-5-4-6-8-17/h4-8,14H,9-13H2,1-3H3,(H,20,24). The summed E-state index contributed by atoms with van der Waals surface area (Å²) >= 11 is 0. The molecule has 1 amide bonds. The van der Waals surface area contributed by atoms with Crippen molar-refractivity contribution in [2.24, 2.45) is 7.05 Å². The summed E-state index contributed by atoms with van der Waals surface area (Å²) in [5.41, 5.74) is 2.74. The molecule has 0 atom stereocenters. The van der Waals surface area contributed by atoms with Crippen LogP contribution in [0.1, 0.15) is 29.7 Å². The first-order chi connectivity index (χ1) is 11.5. The number of carbonyl (C=O) groups is 1. The Hall–Kier alpha value is -2.14. The number of piperidine rings is 1. The number of hydrogen-bond donors (Lipinski definition) is 1. The Labute approximate surface area is 143 Å². The van der Waals surface area contributed by atoms with Gasteiger partial charge in [0, 0.05) is 25.4 Å². The molecule has 128 valence electrons. The van der Waals surface area contributed by atoms with Crippen molar-refractivity contribution in [1.29, 1.82) is 0 Å². The minimum Gasteiger partial charge on any atom is -0.351 e. The van der Waals surface area contributed by atoms with Gasteiger partial charge < -0.3 is 10.2 Å².